The number of piperazine rings is 1. The van der Waals surface area contributed by atoms with Crippen LogP contribution < -0.4 is 10.4 Å². The van der Waals surface area contributed by atoms with E-state index in [9.17, 15) is 18.3 Å². The average Bonchev–Trinajstić information content (AvgIpc) is 3.06. The Hall–Kier alpha value is -2.80. The maximum Gasteiger partial charge on any atom is 0.277 e. The maximum atomic E-state index is 12.9. The summed E-state index contributed by atoms with van der Waals surface area (Å²) in [5.74, 6) is 0.499. The number of phenols is 1. The van der Waals surface area contributed by atoms with Crippen LogP contribution >= 0.6 is 0 Å². The number of aromatic hydroxyl groups is 1. The minimum Gasteiger partial charge on any atom is -0.507 e. The molecule has 0 aliphatic carbocycles. The third-order valence-corrected chi connectivity index (χ3v) is 6.88. The summed E-state index contributed by atoms with van der Waals surface area (Å²) in [7, 11) is -1.90. The van der Waals surface area contributed by atoms with Crippen LogP contribution in [-0.4, -0.2) is 76.2 Å². The minimum absolute atomic E-state index is 0.0393. The summed E-state index contributed by atoms with van der Waals surface area (Å²) in [6.45, 7) is 6.36. The first-order chi connectivity index (χ1) is 15.2. The number of imidazole rings is 1. The topological polar surface area (TPSA) is 136 Å². The molecule has 1 aromatic carbocycles. The van der Waals surface area contributed by atoms with Gasteiger partial charge < -0.3 is 15.0 Å². The van der Waals surface area contributed by atoms with Gasteiger partial charge in [-0.05, 0) is 38.6 Å². The number of H-pyrrole nitrogens is 1. The Morgan fingerprint density at radius 2 is 1.94 bits per heavy atom. The minimum atomic E-state index is -3.88. The zero-order valence-corrected chi connectivity index (χ0v) is 19.1. The van der Waals surface area contributed by atoms with Gasteiger partial charge in [0.1, 0.15) is 11.6 Å². The Bertz CT molecular complexity index is 1310. The van der Waals surface area contributed by atoms with Crippen LogP contribution in [0.4, 0.5) is 0 Å². The number of fused-ring (bicyclic) bond motifs is 1. The van der Waals surface area contributed by atoms with Gasteiger partial charge in [-0.25, -0.2) is 22.9 Å². The smallest absolute Gasteiger partial charge is 0.277 e. The quantitative estimate of drug-likeness (QED) is 0.483. The molecular formula is C20H27N7O4S. The molecule has 1 fully saturated rings. The Kier molecular flexibility index (Phi) is 6.03. The third kappa shape index (κ3) is 4.26. The van der Waals surface area contributed by atoms with E-state index in [4.69, 9.17) is 0 Å². The van der Waals surface area contributed by atoms with Gasteiger partial charge in [-0.2, -0.15) is 0 Å². The first kappa shape index (κ1) is 22.4. The number of hydrogen-bond acceptors (Lipinski definition) is 8. The van der Waals surface area contributed by atoms with Gasteiger partial charge in [-0.3, -0.25) is 4.79 Å². The number of hydrazine groups is 1. The van der Waals surface area contributed by atoms with Gasteiger partial charge in [0.15, 0.2) is 11.3 Å². The fourth-order valence-electron chi connectivity index (χ4n) is 3.74. The van der Waals surface area contributed by atoms with Gasteiger partial charge in [-0.1, -0.05) is 6.92 Å². The van der Waals surface area contributed by atoms with Crippen LogP contribution in [0.1, 0.15) is 24.9 Å². The van der Waals surface area contributed by atoms with Crippen LogP contribution in [-0.2, 0) is 16.4 Å². The molecule has 1 aliphatic heterocycles. The Morgan fingerprint density at radius 1 is 1.22 bits per heavy atom. The lowest BCUT2D eigenvalue weighted by Crippen LogP contribution is -2.52. The van der Waals surface area contributed by atoms with Gasteiger partial charge in [0.05, 0.1) is 16.2 Å². The second-order valence-electron chi connectivity index (χ2n) is 7.99. The van der Waals surface area contributed by atoms with Crippen LogP contribution in [0.15, 0.2) is 27.9 Å². The van der Waals surface area contributed by atoms with E-state index >= 15 is 0 Å². The van der Waals surface area contributed by atoms with Crippen molar-refractivity contribution < 1.29 is 13.5 Å². The number of benzene rings is 1. The standard InChI is InChI=1S/C20H27N7O4S/c1-4-5-17-21-13(2)18-20(29)22-19(23-27(17)18)15-12-14(6-7-16(15)28)32(30,31)24-26-10-8-25(3)9-11-26/h6-7,12,24,28H,4-5,8-11H2,1-3H3,(H,22,23,29). The van der Waals surface area contributed by atoms with Crippen molar-refractivity contribution in [2.24, 2.45) is 0 Å². The molecule has 32 heavy (non-hydrogen) atoms. The largest absolute Gasteiger partial charge is 0.507 e. The number of hydrogen-bond donors (Lipinski definition) is 3. The molecule has 0 saturated carbocycles. The average molecular weight is 462 g/mol. The lowest BCUT2D eigenvalue weighted by Gasteiger charge is -2.32. The van der Waals surface area contributed by atoms with Gasteiger partial charge in [0.2, 0.25) is 0 Å². The molecule has 0 unspecified atom stereocenters. The van der Waals surface area contributed by atoms with Crippen molar-refractivity contribution in [2.45, 2.75) is 31.6 Å². The van der Waals surface area contributed by atoms with Crippen LogP contribution in [0.2, 0.25) is 0 Å². The molecule has 12 heteroatoms. The number of sulfonamides is 1. The van der Waals surface area contributed by atoms with Crippen molar-refractivity contribution in [3.63, 3.8) is 0 Å². The number of rotatable bonds is 6. The zero-order chi connectivity index (χ0) is 23.0. The van der Waals surface area contributed by atoms with Crippen LogP contribution in [0.25, 0.3) is 16.9 Å². The number of nitrogens with one attached hydrogen (secondary N) is 2. The van der Waals surface area contributed by atoms with Gasteiger partial charge in [-0.15, -0.1) is 9.93 Å². The first-order valence-corrected chi connectivity index (χ1v) is 12.0. The lowest BCUT2D eigenvalue weighted by atomic mass is 10.2. The number of phenolic OH excluding ortho intramolecular Hbond substituents is 1. The normalized spacial score (nSPS) is 16.1. The molecule has 1 aliphatic rings. The van der Waals surface area contributed by atoms with Crippen LogP contribution in [0, 0.1) is 6.92 Å². The fourth-order valence-corrected chi connectivity index (χ4v) is 4.88. The third-order valence-electron chi connectivity index (χ3n) is 5.50. The predicted molar refractivity (Wildman–Crippen MR) is 119 cm³/mol. The Balaban J connectivity index is 1.74. The Morgan fingerprint density at radius 3 is 2.62 bits per heavy atom. The highest BCUT2D eigenvalue weighted by Gasteiger charge is 2.23. The van der Waals surface area contributed by atoms with E-state index in [1.807, 2.05) is 14.0 Å². The van der Waals surface area contributed by atoms with E-state index in [1.165, 1.54) is 22.7 Å². The predicted octanol–water partition coefficient (Wildman–Crippen LogP) is 0.492. The number of aromatic nitrogens is 4. The van der Waals surface area contributed by atoms with Crippen molar-refractivity contribution in [3.05, 3.63) is 40.1 Å². The number of nitrogens with zero attached hydrogens (tertiary/aromatic N) is 5. The molecule has 0 bridgehead atoms. The van der Waals surface area contributed by atoms with Gasteiger partial charge in [0, 0.05) is 32.6 Å². The van der Waals surface area contributed by atoms with E-state index < -0.39 is 15.6 Å². The summed E-state index contributed by atoms with van der Waals surface area (Å²) in [5, 5.41) is 16.5. The SMILES string of the molecule is CCCc1nc(C)c2c(=O)[nH]c(-c3cc(S(=O)(=O)NN4CCN(C)CC4)ccc3O)nn12. The summed E-state index contributed by atoms with van der Waals surface area (Å²) in [6, 6.07) is 3.91. The number of likely N-dealkylation sites (N-methyl/N-ethyl adjacent to an activating group) is 1. The van der Waals surface area contributed by atoms with Crippen molar-refractivity contribution in [1.29, 1.82) is 0 Å². The summed E-state index contributed by atoms with van der Waals surface area (Å²) >= 11 is 0. The van der Waals surface area contributed by atoms with E-state index in [-0.39, 0.29) is 22.0 Å². The van der Waals surface area contributed by atoms with E-state index in [0.29, 0.717) is 36.5 Å². The van der Waals surface area contributed by atoms with Crippen molar-refractivity contribution >= 4 is 15.5 Å². The van der Waals surface area contributed by atoms with E-state index in [0.717, 1.165) is 19.5 Å². The summed E-state index contributed by atoms with van der Waals surface area (Å²) in [5.41, 5.74) is 0.590. The van der Waals surface area contributed by atoms with E-state index in [2.05, 4.69) is 24.8 Å². The lowest BCUT2D eigenvalue weighted by molar-refractivity contribution is 0.135. The molecule has 0 radical (unpaired) electrons. The summed E-state index contributed by atoms with van der Waals surface area (Å²) in [4.78, 5) is 24.5. The molecule has 11 nitrogen and oxygen atoms in total. The highest BCUT2D eigenvalue weighted by molar-refractivity contribution is 7.89. The summed E-state index contributed by atoms with van der Waals surface area (Å²) in [6.07, 6.45) is 1.44. The second kappa shape index (κ2) is 8.62. The van der Waals surface area contributed by atoms with Gasteiger partial charge >= 0.3 is 0 Å². The van der Waals surface area contributed by atoms with E-state index in [1.54, 1.807) is 11.9 Å². The second-order valence-corrected chi connectivity index (χ2v) is 9.65. The molecule has 0 amide bonds. The maximum absolute atomic E-state index is 12.9. The summed E-state index contributed by atoms with van der Waals surface area (Å²) < 4.78 is 27.4. The molecule has 172 valence electrons. The molecule has 1 saturated heterocycles. The fraction of sp³-hybridized carbons (Fsp3) is 0.450. The van der Waals surface area contributed by atoms with Crippen molar-refractivity contribution in [2.75, 3.05) is 33.2 Å². The molecular weight excluding hydrogens is 434 g/mol. The van der Waals surface area contributed by atoms with Gasteiger partial charge in [0.25, 0.3) is 15.6 Å². The highest BCUT2D eigenvalue weighted by Crippen LogP contribution is 2.29. The van der Waals surface area contributed by atoms with Crippen molar-refractivity contribution in [1.82, 2.24) is 34.3 Å². The molecule has 3 N–H and O–H groups in total. The molecule has 2 aromatic heterocycles. The number of aromatic amines is 1. The first-order valence-electron chi connectivity index (χ1n) is 10.5. The highest BCUT2D eigenvalue weighted by atomic mass is 32.2. The molecule has 3 heterocycles. The Labute approximate surface area is 185 Å². The molecule has 4 rings (SSSR count). The molecule has 0 atom stereocenters. The zero-order valence-electron chi connectivity index (χ0n) is 18.3. The van der Waals surface area contributed by atoms with Crippen LogP contribution in [0.3, 0.4) is 0 Å². The monoisotopic (exact) mass is 461 g/mol. The van der Waals surface area contributed by atoms with Crippen LogP contribution in [0.5, 0.6) is 5.75 Å². The molecule has 3 aromatic rings. The molecule has 0 spiro atoms. The number of aryl methyl sites for hydroxylation is 2. The van der Waals surface area contributed by atoms with Crippen molar-refractivity contribution in [3.8, 4) is 17.1 Å².